The highest BCUT2D eigenvalue weighted by Gasteiger charge is 2.05. The molecule has 0 aliphatic rings. The molecule has 0 aliphatic heterocycles. The molecule has 0 saturated carbocycles. The Morgan fingerprint density at radius 3 is 2.47 bits per heavy atom. The van der Waals surface area contributed by atoms with Gasteiger partial charge in [0.15, 0.2) is 0 Å². The third kappa shape index (κ3) is 6.62. The van der Waals surface area contributed by atoms with E-state index in [1.807, 2.05) is 26.8 Å². The first-order valence-electron chi connectivity index (χ1n) is 6.25. The van der Waals surface area contributed by atoms with Gasteiger partial charge in [0, 0.05) is 5.69 Å². The van der Waals surface area contributed by atoms with Crippen LogP contribution in [0.15, 0.2) is 36.4 Å². The molecule has 1 rings (SSSR count). The number of aliphatic hydroxyl groups is 1. The molecule has 0 aromatic heterocycles. The summed E-state index contributed by atoms with van der Waals surface area (Å²) in [6.07, 6.45) is 3.40. The van der Waals surface area contributed by atoms with Crippen molar-refractivity contribution in [2.24, 2.45) is 5.41 Å². The van der Waals surface area contributed by atoms with Crippen molar-refractivity contribution in [2.75, 3.05) is 18.5 Å². The van der Waals surface area contributed by atoms with E-state index in [0.717, 1.165) is 0 Å². The van der Waals surface area contributed by atoms with Gasteiger partial charge in [0.25, 0.3) is 0 Å². The standard InChI is InChI=1S/C15H21NO3/c1-15(2,3)9-8-14(18)16-12-4-6-13(7-5-12)19-11-10-17/h4-9,17H,10-11H2,1-3H3,(H,16,18)/b9-8+. The van der Waals surface area contributed by atoms with Crippen molar-refractivity contribution in [2.45, 2.75) is 20.8 Å². The first-order chi connectivity index (χ1) is 8.90. The number of benzene rings is 1. The van der Waals surface area contributed by atoms with Crippen LogP contribution in [0.1, 0.15) is 20.8 Å². The summed E-state index contributed by atoms with van der Waals surface area (Å²) in [5.41, 5.74) is 0.694. The minimum Gasteiger partial charge on any atom is -0.491 e. The van der Waals surface area contributed by atoms with Crippen LogP contribution in [0, 0.1) is 5.41 Å². The van der Waals surface area contributed by atoms with Crippen molar-refractivity contribution < 1.29 is 14.6 Å². The lowest BCUT2D eigenvalue weighted by molar-refractivity contribution is -0.112. The summed E-state index contributed by atoms with van der Waals surface area (Å²) in [6.45, 7) is 6.34. The van der Waals surface area contributed by atoms with Crippen LogP contribution in [0.3, 0.4) is 0 Å². The fourth-order valence-corrected chi connectivity index (χ4v) is 1.31. The molecule has 0 aliphatic carbocycles. The van der Waals surface area contributed by atoms with Crippen LogP contribution in [-0.4, -0.2) is 24.2 Å². The van der Waals surface area contributed by atoms with E-state index in [2.05, 4.69) is 5.32 Å². The summed E-state index contributed by atoms with van der Waals surface area (Å²) in [6, 6.07) is 7.02. The first kappa shape index (κ1) is 15.2. The van der Waals surface area contributed by atoms with Gasteiger partial charge >= 0.3 is 0 Å². The number of ether oxygens (including phenoxy) is 1. The summed E-state index contributed by atoms with van der Waals surface area (Å²) < 4.78 is 5.23. The highest BCUT2D eigenvalue weighted by molar-refractivity contribution is 5.99. The largest absolute Gasteiger partial charge is 0.491 e. The number of allylic oxidation sites excluding steroid dienone is 1. The summed E-state index contributed by atoms with van der Waals surface area (Å²) in [7, 11) is 0. The van der Waals surface area contributed by atoms with E-state index in [-0.39, 0.29) is 24.5 Å². The van der Waals surface area contributed by atoms with Crippen LogP contribution >= 0.6 is 0 Å². The monoisotopic (exact) mass is 263 g/mol. The van der Waals surface area contributed by atoms with Gasteiger partial charge in [-0.05, 0) is 35.8 Å². The Labute approximate surface area is 114 Å². The van der Waals surface area contributed by atoms with Crippen LogP contribution in [0.25, 0.3) is 0 Å². The number of rotatable bonds is 5. The molecule has 0 unspecified atom stereocenters. The van der Waals surface area contributed by atoms with Gasteiger partial charge in [0.1, 0.15) is 12.4 Å². The molecule has 0 radical (unpaired) electrons. The minimum absolute atomic E-state index is 0.0146. The Kier molecular flexibility index (Phi) is 5.57. The van der Waals surface area contributed by atoms with Gasteiger partial charge in [-0.25, -0.2) is 0 Å². The summed E-state index contributed by atoms with van der Waals surface area (Å²) >= 11 is 0. The lowest BCUT2D eigenvalue weighted by Crippen LogP contribution is -2.10. The molecule has 104 valence electrons. The summed E-state index contributed by atoms with van der Waals surface area (Å²) in [5, 5.41) is 11.4. The second-order valence-electron chi connectivity index (χ2n) is 5.29. The SMILES string of the molecule is CC(C)(C)/C=C/C(=O)Nc1ccc(OCCO)cc1. The average Bonchev–Trinajstić information content (AvgIpc) is 2.35. The van der Waals surface area contributed by atoms with Gasteiger partial charge in [-0.2, -0.15) is 0 Å². The Balaban J connectivity index is 2.53. The van der Waals surface area contributed by atoms with E-state index in [1.54, 1.807) is 24.3 Å². The Hall–Kier alpha value is -1.81. The van der Waals surface area contributed by atoms with Crippen molar-refractivity contribution >= 4 is 11.6 Å². The number of hydrogen-bond donors (Lipinski definition) is 2. The van der Waals surface area contributed by atoms with E-state index in [1.165, 1.54) is 6.08 Å². The second-order valence-corrected chi connectivity index (χ2v) is 5.29. The average molecular weight is 263 g/mol. The van der Waals surface area contributed by atoms with Gasteiger partial charge in [-0.3, -0.25) is 4.79 Å². The van der Waals surface area contributed by atoms with Gasteiger partial charge < -0.3 is 15.2 Å². The predicted octanol–water partition coefficient (Wildman–Crippen LogP) is 2.60. The number of anilines is 1. The minimum atomic E-state index is -0.154. The lowest BCUT2D eigenvalue weighted by Gasteiger charge is -2.11. The molecule has 1 aromatic rings. The molecule has 1 aromatic carbocycles. The molecule has 0 heterocycles. The Morgan fingerprint density at radius 1 is 1.32 bits per heavy atom. The molecule has 4 nitrogen and oxygen atoms in total. The predicted molar refractivity (Wildman–Crippen MR) is 76.2 cm³/mol. The molecule has 4 heteroatoms. The van der Waals surface area contributed by atoms with Crippen LogP contribution in [-0.2, 0) is 4.79 Å². The van der Waals surface area contributed by atoms with Gasteiger partial charge in [0.05, 0.1) is 6.61 Å². The van der Waals surface area contributed by atoms with E-state index in [0.29, 0.717) is 11.4 Å². The van der Waals surface area contributed by atoms with Crippen molar-refractivity contribution in [1.82, 2.24) is 0 Å². The van der Waals surface area contributed by atoms with Crippen LogP contribution < -0.4 is 10.1 Å². The molecule has 1 amide bonds. The van der Waals surface area contributed by atoms with Crippen molar-refractivity contribution in [3.63, 3.8) is 0 Å². The molecule has 0 spiro atoms. The summed E-state index contributed by atoms with van der Waals surface area (Å²) in [5.74, 6) is 0.510. The number of aliphatic hydroxyl groups excluding tert-OH is 1. The van der Waals surface area contributed by atoms with Gasteiger partial charge in [-0.15, -0.1) is 0 Å². The van der Waals surface area contributed by atoms with Gasteiger partial charge in [0.2, 0.25) is 5.91 Å². The number of carbonyl (C=O) groups is 1. The highest BCUT2D eigenvalue weighted by atomic mass is 16.5. The highest BCUT2D eigenvalue weighted by Crippen LogP contribution is 2.17. The fourth-order valence-electron chi connectivity index (χ4n) is 1.31. The number of nitrogens with one attached hydrogen (secondary N) is 1. The maximum atomic E-state index is 11.7. The molecule has 2 N–H and O–H groups in total. The third-order valence-corrected chi connectivity index (χ3v) is 2.22. The molecule has 19 heavy (non-hydrogen) atoms. The van der Waals surface area contributed by atoms with E-state index in [4.69, 9.17) is 9.84 Å². The second kappa shape index (κ2) is 6.95. The van der Waals surface area contributed by atoms with E-state index in [9.17, 15) is 4.79 Å². The van der Waals surface area contributed by atoms with Crippen molar-refractivity contribution in [3.05, 3.63) is 36.4 Å². The number of carbonyl (C=O) groups excluding carboxylic acids is 1. The maximum Gasteiger partial charge on any atom is 0.248 e. The summed E-state index contributed by atoms with van der Waals surface area (Å²) in [4.78, 5) is 11.7. The smallest absolute Gasteiger partial charge is 0.248 e. The quantitative estimate of drug-likeness (QED) is 0.803. The number of hydrogen-bond acceptors (Lipinski definition) is 3. The van der Waals surface area contributed by atoms with Crippen LogP contribution in [0.5, 0.6) is 5.75 Å². The molecular weight excluding hydrogens is 242 g/mol. The zero-order valence-electron chi connectivity index (χ0n) is 11.6. The Bertz CT molecular complexity index is 430. The topological polar surface area (TPSA) is 58.6 Å². The first-order valence-corrected chi connectivity index (χ1v) is 6.25. The lowest BCUT2D eigenvalue weighted by atomic mass is 9.96. The Morgan fingerprint density at radius 2 is 1.95 bits per heavy atom. The van der Waals surface area contributed by atoms with Crippen LogP contribution in [0.2, 0.25) is 0 Å². The number of amides is 1. The zero-order valence-corrected chi connectivity index (χ0v) is 11.6. The van der Waals surface area contributed by atoms with Crippen LogP contribution in [0.4, 0.5) is 5.69 Å². The van der Waals surface area contributed by atoms with E-state index >= 15 is 0 Å². The van der Waals surface area contributed by atoms with Crippen molar-refractivity contribution in [3.8, 4) is 5.75 Å². The van der Waals surface area contributed by atoms with Gasteiger partial charge in [-0.1, -0.05) is 26.8 Å². The molecule has 0 saturated heterocycles. The molecule has 0 bridgehead atoms. The molecule has 0 atom stereocenters. The zero-order chi connectivity index (χ0) is 14.3. The maximum absolute atomic E-state index is 11.7. The molecular formula is C15H21NO3. The van der Waals surface area contributed by atoms with E-state index < -0.39 is 0 Å². The normalized spacial score (nSPS) is 11.6. The fraction of sp³-hybridized carbons (Fsp3) is 0.400. The van der Waals surface area contributed by atoms with Crippen molar-refractivity contribution in [1.29, 1.82) is 0 Å². The third-order valence-electron chi connectivity index (χ3n) is 2.22. The molecule has 0 fully saturated rings.